The second kappa shape index (κ2) is 6.33. The third kappa shape index (κ3) is 3.16. The molecule has 2 heterocycles. The second-order valence-corrected chi connectivity index (χ2v) is 5.43. The molecule has 0 amide bonds. The molecule has 0 aliphatic heterocycles. The topological polar surface area (TPSA) is 51.5 Å². The molecule has 2 rings (SSSR count). The molecule has 0 saturated heterocycles. The van der Waals surface area contributed by atoms with E-state index in [1.54, 1.807) is 7.11 Å². The van der Waals surface area contributed by atoms with Crippen molar-refractivity contribution in [3.8, 4) is 0 Å². The monoisotopic (exact) mass is 276 g/mol. The fourth-order valence-electron chi connectivity index (χ4n) is 2.50. The van der Waals surface area contributed by atoms with Gasteiger partial charge >= 0.3 is 0 Å². The summed E-state index contributed by atoms with van der Waals surface area (Å²) in [4.78, 5) is 4.49. The van der Waals surface area contributed by atoms with Crippen LogP contribution in [0.1, 0.15) is 43.3 Å². The molecule has 0 saturated carbocycles. The Kier molecular flexibility index (Phi) is 4.73. The lowest BCUT2D eigenvalue weighted by atomic mass is 10.1. The van der Waals surface area contributed by atoms with Gasteiger partial charge in [-0.2, -0.15) is 5.10 Å². The number of hydrogen-bond acceptors (Lipinski definition) is 4. The van der Waals surface area contributed by atoms with Crippen LogP contribution in [0.4, 0.5) is 0 Å². The summed E-state index contributed by atoms with van der Waals surface area (Å²) in [6.45, 7) is 9.19. The quantitative estimate of drug-likeness (QED) is 0.880. The van der Waals surface area contributed by atoms with Crippen molar-refractivity contribution in [1.29, 1.82) is 0 Å². The van der Waals surface area contributed by atoms with Crippen LogP contribution in [-0.2, 0) is 4.74 Å². The maximum Gasteiger partial charge on any atom is 0.155 e. The molecule has 0 fully saturated rings. The van der Waals surface area contributed by atoms with E-state index in [-0.39, 0.29) is 6.04 Å². The van der Waals surface area contributed by atoms with Crippen LogP contribution in [0.5, 0.6) is 0 Å². The molecule has 2 unspecified atom stereocenters. The number of aromatic nitrogens is 3. The lowest BCUT2D eigenvalue weighted by Crippen LogP contribution is -2.30. The Morgan fingerprint density at radius 2 is 2.10 bits per heavy atom. The summed E-state index contributed by atoms with van der Waals surface area (Å²) in [5, 5.41) is 8.07. The number of nitrogens with one attached hydrogen (secondary N) is 1. The summed E-state index contributed by atoms with van der Waals surface area (Å²) in [6, 6.07) is 2.64. The van der Waals surface area contributed by atoms with Crippen LogP contribution in [0.3, 0.4) is 0 Å². The average molecular weight is 276 g/mol. The summed E-state index contributed by atoms with van der Waals surface area (Å²) in [6.07, 6.45) is 2.95. The van der Waals surface area contributed by atoms with Gasteiger partial charge < -0.3 is 10.1 Å². The molecule has 0 bridgehead atoms. The highest BCUT2D eigenvalue weighted by Gasteiger charge is 2.14. The first kappa shape index (κ1) is 14.9. The fraction of sp³-hybridized carbons (Fsp3) is 0.600. The summed E-state index contributed by atoms with van der Waals surface area (Å²) in [7, 11) is 1.73. The van der Waals surface area contributed by atoms with Gasteiger partial charge in [0.25, 0.3) is 0 Å². The van der Waals surface area contributed by atoms with Gasteiger partial charge in [0.05, 0.1) is 5.69 Å². The molecule has 5 nitrogen and oxygen atoms in total. The minimum atomic E-state index is 0.239. The molecule has 20 heavy (non-hydrogen) atoms. The largest absolute Gasteiger partial charge is 0.385 e. The van der Waals surface area contributed by atoms with Gasteiger partial charge in [0.15, 0.2) is 5.65 Å². The number of methoxy groups -OCH3 is 1. The lowest BCUT2D eigenvalue weighted by Gasteiger charge is -2.21. The van der Waals surface area contributed by atoms with Crippen LogP contribution in [-0.4, -0.2) is 34.4 Å². The smallest absolute Gasteiger partial charge is 0.155 e. The van der Waals surface area contributed by atoms with Crippen LogP contribution in [0.25, 0.3) is 5.65 Å². The fourth-order valence-corrected chi connectivity index (χ4v) is 2.50. The van der Waals surface area contributed by atoms with Crippen molar-refractivity contribution in [2.75, 3.05) is 13.7 Å². The molecule has 0 radical (unpaired) electrons. The molecule has 0 spiro atoms. The Labute approximate surface area is 120 Å². The van der Waals surface area contributed by atoms with E-state index < -0.39 is 0 Å². The minimum absolute atomic E-state index is 0.239. The molecular weight excluding hydrogens is 252 g/mol. The predicted octanol–water partition coefficient (Wildman–Crippen LogP) is 2.42. The maximum atomic E-state index is 5.12. The number of ether oxygens (including phenoxy) is 1. The van der Waals surface area contributed by atoms with E-state index in [0.29, 0.717) is 6.04 Å². The first-order valence-corrected chi connectivity index (χ1v) is 7.09. The average Bonchev–Trinajstić information content (AvgIpc) is 2.78. The third-order valence-electron chi connectivity index (χ3n) is 3.64. The van der Waals surface area contributed by atoms with Crippen LogP contribution in [0, 0.1) is 13.8 Å². The van der Waals surface area contributed by atoms with Crippen molar-refractivity contribution < 1.29 is 4.74 Å². The van der Waals surface area contributed by atoms with Crippen molar-refractivity contribution in [3.05, 3.63) is 29.2 Å². The van der Waals surface area contributed by atoms with Crippen LogP contribution < -0.4 is 5.32 Å². The van der Waals surface area contributed by atoms with Crippen LogP contribution in [0.2, 0.25) is 0 Å². The van der Waals surface area contributed by atoms with Gasteiger partial charge in [-0.05, 0) is 34.1 Å². The van der Waals surface area contributed by atoms with Gasteiger partial charge in [0.2, 0.25) is 0 Å². The van der Waals surface area contributed by atoms with E-state index in [0.717, 1.165) is 30.1 Å². The number of aryl methyl sites for hydroxylation is 2. The molecule has 110 valence electrons. The molecule has 2 aromatic rings. The first-order chi connectivity index (χ1) is 9.52. The first-order valence-electron chi connectivity index (χ1n) is 7.09. The van der Waals surface area contributed by atoms with Crippen molar-refractivity contribution >= 4 is 5.65 Å². The molecule has 2 aromatic heterocycles. The minimum Gasteiger partial charge on any atom is -0.385 e. The van der Waals surface area contributed by atoms with Gasteiger partial charge in [-0.3, -0.25) is 0 Å². The molecule has 2 atom stereocenters. The number of rotatable bonds is 6. The van der Waals surface area contributed by atoms with Gasteiger partial charge in [-0.25, -0.2) is 9.50 Å². The van der Waals surface area contributed by atoms with E-state index in [2.05, 4.69) is 36.2 Å². The Morgan fingerprint density at radius 1 is 1.35 bits per heavy atom. The summed E-state index contributed by atoms with van der Waals surface area (Å²) < 4.78 is 7.04. The van der Waals surface area contributed by atoms with Crippen molar-refractivity contribution in [1.82, 2.24) is 19.9 Å². The molecular formula is C15H24N4O. The number of fused-ring (bicyclic) bond motifs is 1. The molecule has 0 aromatic carbocycles. The maximum absolute atomic E-state index is 5.12. The van der Waals surface area contributed by atoms with E-state index in [1.165, 1.54) is 5.56 Å². The van der Waals surface area contributed by atoms with Crippen LogP contribution in [0.15, 0.2) is 12.3 Å². The Bertz CT molecular complexity index is 579. The highest BCUT2D eigenvalue weighted by molar-refractivity contribution is 5.42. The van der Waals surface area contributed by atoms with Gasteiger partial charge in [-0.15, -0.1) is 0 Å². The van der Waals surface area contributed by atoms with E-state index >= 15 is 0 Å². The second-order valence-electron chi connectivity index (χ2n) is 5.43. The molecule has 5 heteroatoms. The van der Waals surface area contributed by atoms with E-state index in [9.17, 15) is 0 Å². The Balaban J connectivity index is 2.17. The van der Waals surface area contributed by atoms with E-state index in [1.807, 2.05) is 23.7 Å². The normalized spacial score (nSPS) is 14.7. The van der Waals surface area contributed by atoms with Gasteiger partial charge in [0.1, 0.15) is 0 Å². The van der Waals surface area contributed by atoms with Crippen molar-refractivity contribution in [2.45, 2.75) is 46.2 Å². The van der Waals surface area contributed by atoms with Gasteiger partial charge in [-0.1, -0.05) is 0 Å². The summed E-state index contributed by atoms with van der Waals surface area (Å²) >= 11 is 0. The molecule has 0 aliphatic rings. The highest BCUT2D eigenvalue weighted by Crippen LogP contribution is 2.18. The van der Waals surface area contributed by atoms with Crippen molar-refractivity contribution in [2.24, 2.45) is 0 Å². The number of hydrogen-bond donors (Lipinski definition) is 1. The van der Waals surface area contributed by atoms with Gasteiger partial charge in [0, 0.05) is 49.3 Å². The standard InChI is InChI=1S/C15H24N4O/c1-10(6-7-20-5)17-12(3)14-9-16-15-8-11(2)18-19(15)13(14)4/h8-10,12,17H,6-7H2,1-5H3. The highest BCUT2D eigenvalue weighted by atomic mass is 16.5. The zero-order chi connectivity index (χ0) is 14.7. The summed E-state index contributed by atoms with van der Waals surface area (Å²) in [5.41, 5.74) is 4.22. The van der Waals surface area contributed by atoms with Crippen LogP contribution >= 0.6 is 0 Å². The Hall–Kier alpha value is -1.46. The third-order valence-corrected chi connectivity index (χ3v) is 3.64. The van der Waals surface area contributed by atoms with E-state index in [4.69, 9.17) is 4.74 Å². The summed E-state index contributed by atoms with van der Waals surface area (Å²) in [5.74, 6) is 0. The Morgan fingerprint density at radius 3 is 2.80 bits per heavy atom. The predicted molar refractivity (Wildman–Crippen MR) is 80.0 cm³/mol. The lowest BCUT2D eigenvalue weighted by molar-refractivity contribution is 0.183. The number of nitrogens with zero attached hydrogens (tertiary/aromatic N) is 3. The SMILES string of the molecule is COCCC(C)NC(C)c1cnc2cc(C)nn2c1C. The molecule has 1 N–H and O–H groups in total. The van der Waals surface area contributed by atoms with Crippen molar-refractivity contribution in [3.63, 3.8) is 0 Å². The zero-order valence-corrected chi connectivity index (χ0v) is 13.0. The zero-order valence-electron chi connectivity index (χ0n) is 13.0. The molecule has 0 aliphatic carbocycles.